The fourth-order valence-corrected chi connectivity index (χ4v) is 2.73. The van der Waals surface area contributed by atoms with E-state index in [2.05, 4.69) is 42.9 Å². The maximum atomic E-state index is 5.91. The highest BCUT2D eigenvalue weighted by molar-refractivity contribution is 5.42. The van der Waals surface area contributed by atoms with Crippen LogP contribution in [0.3, 0.4) is 0 Å². The second kappa shape index (κ2) is 6.38. The third kappa shape index (κ3) is 3.40. The molecule has 0 spiro atoms. The number of anilines is 1. The van der Waals surface area contributed by atoms with Crippen molar-refractivity contribution in [3.63, 3.8) is 0 Å². The fraction of sp³-hybridized carbons (Fsp3) is 0.333. The zero-order valence-corrected chi connectivity index (χ0v) is 13.1. The number of hydrazine groups is 1. The average molecular weight is 297 g/mol. The van der Waals surface area contributed by atoms with Crippen molar-refractivity contribution in [1.82, 2.24) is 10.9 Å². The van der Waals surface area contributed by atoms with E-state index in [-0.39, 0.29) is 12.1 Å². The number of hydrogen-bond donors (Lipinski definition) is 3. The lowest BCUT2D eigenvalue weighted by atomic mass is 10.0. The van der Waals surface area contributed by atoms with E-state index >= 15 is 0 Å². The zero-order chi connectivity index (χ0) is 15.5. The molecule has 4 heteroatoms. The molecular weight excluding hydrogens is 274 g/mol. The molecular formula is C18H23N3O. The van der Waals surface area contributed by atoms with Crippen molar-refractivity contribution in [3.8, 4) is 5.75 Å². The van der Waals surface area contributed by atoms with Crippen molar-refractivity contribution in [1.29, 1.82) is 0 Å². The first-order valence-corrected chi connectivity index (χ1v) is 7.68. The molecule has 0 radical (unpaired) electrons. The zero-order valence-electron chi connectivity index (χ0n) is 13.1. The normalized spacial score (nSPS) is 21.0. The van der Waals surface area contributed by atoms with Gasteiger partial charge in [-0.2, -0.15) is 0 Å². The van der Waals surface area contributed by atoms with Gasteiger partial charge in [0.2, 0.25) is 0 Å². The molecule has 2 atom stereocenters. The second-order valence-electron chi connectivity index (χ2n) is 6.00. The number of aryl methyl sites for hydroxylation is 2. The number of rotatable bonds is 4. The summed E-state index contributed by atoms with van der Waals surface area (Å²) in [5.74, 6) is 0.928. The van der Waals surface area contributed by atoms with E-state index in [0.29, 0.717) is 6.61 Å². The van der Waals surface area contributed by atoms with Gasteiger partial charge < -0.3 is 10.5 Å². The molecule has 1 saturated heterocycles. The van der Waals surface area contributed by atoms with Gasteiger partial charge in [-0.1, -0.05) is 18.2 Å². The highest BCUT2D eigenvalue weighted by atomic mass is 16.5. The Balaban J connectivity index is 1.56. The molecule has 4 nitrogen and oxygen atoms in total. The van der Waals surface area contributed by atoms with Gasteiger partial charge in [-0.15, -0.1) is 0 Å². The number of benzene rings is 2. The molecule has 1 heterocycles. The molecule has 0 amide bonds. The summed E-state index contributed by atoms with van der Waals surface area (Å²) in [6, 6.07) is 14.8. The van der Waals surface area contributed by atoms with Crippen LogP contribution >= 0.6 is 0 Å². The Hall–Kier alpha value is -2.04. The number of nitrogens with two attached hydrogens (primary N) is 1. The van der Waals surface area contributed by atoms with Crippen molar-refractivity contribution >= 4 is 5.69 Å². The Labute approximate surface area is 131 Å². The maximum absolute atomic E-state index is 5.91. The number of ether oxygens (including phenoxy) is 1. The quantitative estimate of drug-likeness (QED) is 0.760. The summed E-state index contributed by atoms with van der Waals surface area (Å²) >= 11 is 0. The first-order chi connectivity index (χ1) is 10.6. The van der Waals surface area contributed by atoms with Crippen molar-refractivity contribution in [2.24, 2.45) is 0 Å². The molecule has 0 saturated carbocycles. The van der Waals surface area contributed by atoms with Gasteiger partial charge in [0, 0.05) is 11.7 Å². The fourth-order valence-electron chi connectivity index (χ4n) is 2.73. The van der Waals surface area contributed by atoms with Gasteiger partial charge in [-0.25, -0.2) is 5.43 Å². The largest absolute Gasteiger partial charge is 0.492 e. The Kier molecular flexibility index (Phi) is 4.32. The third-order valence-electron chi connectivity index (χ3n) is 4.22. The molecule has 2 aromatic rings. The van der Waals surface area contributed by atoms with Crippen molar-refractivity contribution < 1.29 is 4.74 Å². The van der Waals surface area contributed by atoms with Crippen LogP contribution in [0.4, 0.5) is 5.69 Å². The molecule has 22 heavy (non-hydrogen) atoms. The van der Waals surface area contributed by atoms with E-state index in [1.807, 2.05) is 24.3 Å². The summed E-state index contributed by atoms with van der Waals surface area (Å²) in [4.78, 5) is 0. The molecule has 2 aromatic carbocycles. The minimum absolute atomic E-state index is 0.275. The predicted molar refractivity (Wildman–Crippen MR) is 89.7 cm³/mol. The third-order valence-corrected chi connectivity index (χ3v) is 4.22. The van der Waals surface area contributed by atoms with Crippen LogP contribution in [-0.4, -0.2) is 12.6 Å². The minimum Gasteiger partial charge on any atom is -0.492 e. The van der Waals surface area contributed by atoms with Crippen molar-refractivity contribution in [2.75, 3.05) is 12.3 Å². The highest BCUT2D eigenvalue weighted by Crippen LogP contribution is 2.24. The Bertz CT molecular complexity index is 657. The highest BCUT2D eigenvalue weighted by Gasteiger charge is 2.25. The lowest BCUT2D eigenvalue weighted by Gasteiger charge is -2.13. The van der Waals surface area contributed by atoms with E-state index in [1.165, 1.54) is 16.7 Å². The second-order valence-corrected chi connectivity index (χ2v) is 6.00. The van der Waals surface area contributed by atoms with Crippen LogP contribution in [0.25, 0.3) is 0 Å². The lowest BCUT2D eigenvalue weighted by molar-refractivity contribution is 0.272. The Morgan fingerprint density at radius 2 is 1.95 bits per heavy atom. The van der Waals surface area contributed by atoms with Gasteiger partial charge in [0.1, 0.15) is 12.4 Å². The summed E-state index contributed by atoms with van der Waals surface area (Å²) in [5, 5.41) is 0. The Morgan fingerprint density at radius 3 is 2.73 bits per heavy atom. The van der Waals surface area contributed by atoms with Crippen molar-refractivity contribution in [2.45, 2.75) is 32.4 Å². The van der Waals surface area contributed by atoms with Crippen LogP contribution in [0.5, 0.6) is 5.75 Å². The predicted octanol–water partition coefficient (Wildman–Crippen LogP) is 2.87. The van der Waals surface area contributed by atoms with Crippen LogP contribution < -0.4 is 21.3 Å². The lowest BCUT2D eigenvalue weighted by Crippen LogP contribution is -2.34. The van der Waals surface area contributed by atoms with Gasteiger partial charge in [-0.05, 0) is 61.2 Å². The van der Waals surface area contributed by atoms with Gasteiger partial charge in [0.25, 0.3) is 0 Å². The first kappa shape index (κ1) is 14.9. The van der Waals surface area contributed by atoms with Crippen LogP contribution in [0.1, 0.15) is 29.2 Å². The van der Waals surface area contributed by atoms with Crippen molar-refractivity contribution in [3.05, 3.63) is 59.2 Å². The molecule has 0 aliphatic carbocycles. The Morgan fingerprint density at radius 1 is 1.09 bits per heavy atom. The summed E-state index contributed by atoms with van der Waals surface area (Å²) in [6.07, 6.45) is 0.980. The molecule has 116 valence electrons. The minimum atomic E-state index is 0.275. The number of nitrogen functional groups attached to an aromatic ring is 1. The number of hydrogen-bond acceptors (Lipinski definition) is 4. The van der Waals surface area contributed by atoms with Gasteiger partial charge in [-0.3, -0.25) is 5.43 Å². The topological polar surface area (TPSA) is 59.3 Å². The van der Waals surface area contributed by atoms with Crippen LogP contribution in [0.15, 0.2) is 42.5 Å². The van der Waals surface area contributed by atoms with E-state index in [1.54, 1.807) is 0 Å². The van der Waals surface area contributed by atoms with E-state index < -0.39 is 0 Å². The summed E-state index contributed by atoms with van der Waals surface area (Å²) in [6.45, 7) is 4.86. The SMILES string of the molecule is Cc1ccc(OCC2CC(c3cccc(N)c3)NN2)cc1C. The monoisotopic (exact) mass is 297 g/mol. The standard InChI is InChI=1S/C18H23N3O/c1-12-6-7-17(8-13(12)2)22-11-16-10-18(21-20-16)14-4-3-5-15(19)9-14/h3-9,16,18,20-21H,10-11,19H2,1-2H3. The van der Waals surface area contributed by atoms with Crippen LogP contribution in [0, 0.1) is 13.8 Å². The average Bonchev–Trinajstić information content (AvgIpc) is 2.97. The molecule has 2 unspecified atom stereocenters. The van der Waals surface area contributed by atoms with Gasteiger partial charge in [0.15, 0.2) is 0 Å². The molecule has 3 rings (SSSR count). The smallest absolute Gasteiger partial charge is 0.119 e. The summed E-state index contributed by atoms with van der Waals surface area (Å²) in [5.41, 5.74) is 17.0. The first-order valence-electron chi connectivity index (χ1n) is 7.68. The molecule has 0 bridgehead atoms. The van der Waals surface area contributed by atoms with E-state index in [4.69, 9.17) is 10.5 Å². The molecule has 1 fully saturated rings. The number of nitrogens with one attached hydrogen (secondary N) is 2. The molecule has 1 aliphatic heterocycles. The van der Waals surface area contributed by atoms with Gasteiger partial charge in [0.05, 0.1) is 6.04 Å². The summed E-state index contributed by atoms with van der Waals surface area (Å²) < 4.78 is 5.91. The molecule has 1 aliphatic rings. The summed E-state index contributed by atoms with van der Waals surface area (Å²) in [7, 11) is 0. The molecule has 4 N–H and O–H groups in total. The van der Waals surface area contributed by atoms with Crippen LogP contribution in [0.2, 0.25) is 0 Å². The van der Waals surface area contributed by atoms with E-state index in [0.717, 1.165) is 17.9 Å². The van der Waals surface area contributed by atoms with E-state index in [9.17, 15) is 0 Å². The van der Waals surface area contributed by atoms with Gasteiger partial charge >= 0.3 is 0 Å². The van der Waals surface area contributed by atoms with Crippen LogP contribution in [-0.2, 0) is 0 Å². The maximum Gasteiger partial charge on any atom is 0.119 e. The molecule has 0 aromatic heterocycles.